The first-order chi connectivity index (χ1) is 18.9. The van der Waals surface area contributed by atoms with Crippen LogP contribution in [0, 0.1) is 0 Å². The number of nitrogens with zero attached hydrogens (tertiary/aromatic N) is 6. The summed E-state index contributed by atoms with van der Waals surface area (Å²) in [5.74, 6) is -0.214. The average Bonchev–Trinajstić information content (AvgIpc) is 3.36. The van der Waals surface area contributed by atoms with Crippen molar-refractivity contribution in [3.05, 3.63) is 60.0 Å². The third-order valence-corrected chi connectivity index (χ3v) is 6.97. The first-order valence-corrected chi connectivity index (χ1v) is 13.1. The van der Waals surface area contributed by atoms with E-state index in [0.717, 1.165) is 52.5 Å². The summed E-state index contributed by atoms with van der Waals surface area (Å²) in [5, 5.41) is 15.9. The highest BCUT2D eigenvalue weighted by Crippen LogP contribution is 2.37. The normalized spacial score (nSPS) is 13.8. The van der Waals surface area contributed by atoms with Gasteiger partial charge in [0.2, 0.25) is 0 Å². The Kier molecular flexibility index (Phi) is 7.76. The van der Waals surface area contributed by atoms with Crippen LogP contribution in [-0.2, 0) is 9.47 Å². The van der Waals surface area contributed by atoms with Crippen molar-refractivity contribution in [2.45, 2.75) is 19.8 Å². The van der Waals surface area contributed by atoms with Gasteiger partial charge in [-0.1, -0.05) is 26.0 Å². The van der Waals surface area contributed by atoms with Crippen LogP contribution in [-0.4, -0.2) is 84.4 Å². The highest BCUT2D eigenvalue weighted by atomic mass is 16.5. The molecule has 1 aromatic carbocycles. The molecule has 0 unspecified atom stereocenters. The number of hydrogen-bond donors (Lipinski definition) is 1. The van der Waals surface area contributed by atoms with Crippen LogP contribution in [0.5, 0.6) is 0 Å². The molecule has 1 saturated heterocycles. The van der Waals surface area contributed by atoms with Gasteiger partial charge in [-0.25, -0.2) is 19.4 Å². The number of fused-ring (bicyclic) bond motifs is 1. The molecule has 0 spiro atoms. The molecule has 0 bridgehead atoms. The van der Waals surface area contributed by atoms with E-state index in [-0.39, 0.29) is 11.6 Å². The van der Waals surface area contributed by atoms with Crippen molar-refractivity contribution in [2.24, 2.45) is 0 Å². The maximum Gasteiger partial charge on any atom is 0.354 e. The molecule has 1 fully saturated rings. The van der Waals surface area contributed by atoms with Crippen molar-refractivity contribution in [2.75, 3.05) is 63.4 Å². The van der Waals surface area contributed by atoms with Gasteiger partial charge in [-0.15, -0.1) is 0 Å². The lowest BCUT2D eigenvalue weighted by atomic mass is 9.98. The fourth-order valence-corrected chi connectivity index (χ4v) is 4.88. The standard InChI is InChI=1S/C29H34N6O4/c1-19(2)27-26-21(20-9-10-25(30-18-20)33(3)11-14-38-4)17-22(29(36)37)31-28(26)35(32-27)24-8-6-5-7-23(24)34-12-15-39-16-13-34/h5-10,17-19H,11-16H2,1-4H3,(H,36,37). The smallest absolute Gasteiger partial charge is 0.354 e. The van der Waals surface area contributed by atoms with E-state index in [1.54, 1.807) is 24.1 Å². The molecular weight excluding hydrogens is 496 g/mol. The molecule has 0 saturated carbocycles. The molecule has 10 heteroatoms. The molecule has 3 aromatic heterocycles. The predicted molar refractivity (Wildman–Crippen MR) is 151 cm³/mol. The second kappa shape index (κ2) is 11.4. The number of rotatable bonds is 9. The molecule has 0 radical (unpaired) electrons. The monoisotopic (exact) mass is 530 g/mol. The minimum atomic E-state index is -1.10. The van der Waals surface area contributed by atoms with Gasteiger partial charge in [0.25, 0.3) is 0 Å². The number of benzene rings is 1. The van der Waals surface area contributed by atoms with Gasteiger partial charge in [0, 0.05) is 45.6 Å². The molecule has 204 valence electrons. The second-order valence-corrected chi connectivity index (χ2v) is 9.92. The van der Waals surface area contributed by atoms with E-state index < -0.39 is 5.97 Å². The predicted octanol–water partition coefficient (Wildman–Crippen LogP) is 4.22. The lowest BCUT2D eigenvalue weighted by Crippen LogP contribution is -2.36. The number of carboxylic acid groups (broad SMARTS) is 1. The van der Waals surface area contributed by atoms with Gasteiger partial charge in [-0.2, -0.15) is 5.10 Å². The Bertz CT molecular complexity index is 1460. The topological polar surface area (TPSA) is 106 Å². The fourth-order valence-electron chi connectivity index (χ4n) is 4.88. The van der Waals surface area contributed by atoms with Crippen LogP contribution < -0.4 is 9.80 Å². The van der Waals surface area contributed by atoms with Gasteiger partial charge < -0.3 is 24.4 Å². The molecule has 39 heavy (non-hydrogen) atoms. The fraction of sp³-hybridized carbons (Fsp3) is 0.379. The second-order valence-electron chi connectivity index (χ2n) is 9.92. The van der Waals surface area contributed by atoms with Gasteiger partial charge in [-0.3, -0.25) is 0 Å². The third-order valence-electron chi connectivity index (χ3n) is 6.97. The zero-order valence-corrected chi connectivity index (χ0v) is 22.8. The number of likely N-dealkylation sites (N-methyl/N-ethyl adjacent to an activating group) is 1. The molecule has 1 aliphatic heterocycles. The molecule has 0 atom stereocenters. The number of hydrogen-bond acceptors (Lipinski definition) is 8. The summed E-state index contributed by atoms with van der Waals surface area (Å²) in [6.07, 6.45) is 1.78. The summed E-state index contributed by atoms with van der Waals surface area (Å²) in [6, 6.07) is 13.6. The average molecular weight is 531 g/mol. The number of carboxylic acids is 1. The summed E-state index contributed by atoms with van der Waals surface area (Å²) in [5.41, 5.74) is 4.73. The lowest BCUT2D eigenvalue weighted by Gasteiger charge is -2.30. The van der Waals surface area contributed by atoms with Gasteiger partial charge in [-0.05, 0) is 41.8 Å². The molecular formula is C29H34N6O4. The number of anilines is 2. The summed E-state index contributed by atoms with van der Waals surface area (Å²) in [7, 11) is 3.63. The minimum Gasteiger partial charge on any atom is -0.477 e. The summed E-state index contributed by atoms with van der Waals surface area (Å²) in [6.45, 7) is 8.31. The van der Waals surface area contributed by atoms with Crippen LogP contribution in [0.25, 0.3) is 27.8 Å². The molecule has 10 nitrogen and oxygen atoms in total. The van der Waals surface area contributed by atoms with E-state index in [2.05, 4.69) is 34.8 Å². The van der Waals surface area contributed by atoms with Gasteiger partial charge in [0.1, 0.15) is 5.82 Å². The summed E-state index contributed by atoms with van der Waals surface area (Å²) in [4.78, 5) is 25.8. The van der Waals surface area contributed by atoms with E-state index in [1.807, 2.05) is 42.3 Å². The number of carbonyl (C=O) groups is 1. The van der Waals surface area contributed by atoms with Gasteiger partial charge in [0.05, 0.1) is 42.3 Å². The Morgan fingerprint density at radius 3 is 2.54 bits per heavy atom. The van der Waals surface area contributed by atoms with Crippen LogP contribution in [0.4, 0.5) is 11.5 Å². The van der Waals surface area contributed by atoms with E-state index in [1.165, 1.54) is 0 Å². The maximum absolute atomic E-state index is 12.2. The van der Waals surface area contributed by atoms with E-state index in [4.69, 9.17) is 14.6 Å². The van der Waals surface area contributed by atoms with Gasteiger partial charge in [0.15, 0.2) is 11.3 Å². The van der Waals surface area contributed by atoms with Crippen molar-refractivity contribution in [3.8, 4) is 16.8 Å². The first-order valence-electron chi connectivity index (χ1n) is 13.1. The zero-order chi connectivity index (χ0) is 27.5. The van der Waals surface area contributed by atoms with E-state index >= 15 is 0 Å². The number of para-hydroxylation sites is 2. The molecule has 4 heterocycles. The Labute approximate surface area is 227 Å². The molecule has 1 N–H and O–H groups in total. The van der Waals surface area contributed by atoms with Crippen LogP contribution in [0.2, 0.25) is 0 Å². The number of aromatic carboxylic acids is 1. The number of morpholine rings is 1. The van der Waals surface area contributed by atoms with Crippen molar-refractivity contribution in [1.29, 1.82) is 0 Å². The Balaban J connectivity index is 1.70. The molecule has 0 amide bonds. The SMILES string of the molecule is COCCN(C)c1ccc(-c2cc(C(=O)O)nc3c2c(C(C)C)nn3-c2ccccc2N2CCOCC2)cn1. The molecule has 0 aliphatic carbocycles. The maximum atomic E-state index is 12.2. The molecule has 5 rings (SSSR count). The van der Waals surface area contributed by atoms with Crippen molar-refractivity contribution in [3.63, 3.8) is 0 Å². The van der Waals surface area contributed by atoms with Crippen molar-refractivity contribution >= 4 is 28.5 Å². The quantitative estimate of drug-likeness (QED) is 0.340. The number of pyridine rings is 2. The number of aromatic nitrogens is 4. The Hall–Kier alpha value is -4.02. The molecule has 4 aromatic rings. The highest BCUT2D eigenvalue weighted by molar-refractivity contribution is 6.00. The van der Waals surface area contributed by atoms with Crippen LogP contribution >= 0.6 is 0 Å². The van der Waals surface area contributed by atoms with E-state index in [9.17, 15) is 9.90 Å². The lowest BCUT2D eigenvalue weighted by molar-refractivity contribution is 0.0691. The van der Waals surface area contributed by atoms with Crippen molar-refractivity contribution < 1.29 is 19.4 Å². The third kappa shape index (κ3) is 5.30. The van der Waals surface area contributed by atoms with Crippen LogP contribution in [0.3, 0.4) is 0 Å². The minimum absolute atomic E-state index is 0.0425. The van der Waals surface area contributed by atoms with Crippen LogP contribution in [0.1, 0.15) is 35.9 Å². The van der Waals surface area contributed by atoms with Crippen LogP contribution in [0.15, 0.2) is 48.7 Å². The largest absolute Gasteiger partial charge is 0.477 e. The highest BCUT2D eigenvalue weighted by Gasteiger charge is 2.25. The van der Waals surface area contributed by atoms with E-state index in [0.29, 0.717) is 32.0 Å². The summed E-state index contributed by atoms with van der Waals surface area (Å²) < 4.78 is 12.5. The summed E-state index contributed by atoms with van der Waals surface area (Å²) >= 11 is 0. The Morgan fingerprint density at radius 1 is 1.15 bits per heavy atom. The Morgan fingerprint density at radius 2 is 1.90 bits per heavy atom. The zero-order valence-electron chi connectivity index (χ0n) is 22.8. The first kappa shape index (κ1) is 26.6. The number of methoxy groups -OCH3 is 1. The van der Waals surface area contributed by atoms with Crippen molar-refractivity contribution in [1.82, 2.24) is 19.7 Å². The van der Waals surface area contributed by atoms with Gasteiger partial charge >= 0.3 is 5.97 Å². The number of ether oxygens (including phenoxy) is 2. The molecule has 1 aliphatic rings.